The number of benzene rings is 2. The Kier molecular flexibility index (Phi) is 4.53. The summed E-state index contributed by atoms with van der Waals surface area (Å²) in [4.78, 5) is 11.5. The molecule has 0 saturated heterocycles. The first kappa shape index (κ1) is 16.1. The van der Waals surface area contributed by atoms with Gasteiger partial charge in [0.05, 0.1) is 15.6 Å². The van der Waals surface area contributed by atoms with Gasteiger partial charge in [0.1, 0.15) is 18.2 Å². The zero-order valence-corrected chi connectivity index (χ0v) is 13.3. The Morgan fingerprint density at radius 3 is 2.62 bits per heavy atom. The van der Waals surface area contributed by atoms with Crippen LogP contribution < -0.4 is 20.9 Å². The Bertz CT molecular complexity index is 991. The molecule has 0 unspecified atom stereocenters. The van der Waals surface area contributed by atoms with Gasteiger partial charge in [-0.3, -0.25) is 0 Å². The van der Waals surface area contributed by atoms with E-state index in [1.807, 2.05) is 0 Å². The Hall–Kier alpha value is -2.79. The Labute approximate surface area is 141 Å². The van der Waals surface area contributed by atoms with E-state index >= 15 is 0 Å². The molecule has 2 aromatic carbocycles. The number of aromatic amines is 1. The molecular formula is C18H13ClFNO3. The summed E-state index contributed by atoms with van der Waals surface area (Å²) in [5, 5.41) is 3.55. The minimum Gasteiger partial charge on any atom is -0.487 e. The van der Waals surface area contributed by atoms with Crippen molar-refractivity contribution in [1.82, 2.24) is 5.16 Å². The first-order valence-electron chi connectivity index (χ1n) is 7.08. The third kappa shape index (κ3) is 3.58. The molecular weight excluding hydrogens is 333 g/mol. The van der Waals surface area contributed by atoms with Crippen molar-refractivity contribution >= 4 is 24.3 Å². The first-order valence-corrected chi connectivity index (χ1v) is 7.45. The summed E-state index contributed by atoms with van der Waals surface area (Å²) in [6, 6.07) is 11.2. The fourth-order valence-electron chi connectivity index (χ4n) is 2.12. The Balaban J connectivity index is 1.80. The number of H-pyrrole nitrogens is 1. The van der Waals surface area contributed by atoms with Crippen LogP contribution in [0.2, 0.25) is 5.02 Å². The van der Waals surface area contributed by atoms with Crippen LogP contribution in [0.5, 0.6) is 5.75 Å². The number of nitrogens with one attached hydrogen (secondary N) is 1. The fourth-order valence-corrected chi connectivity index (χ4v) is 2.36. The summed E-state index contributed by atoms with van der Waals surface area (Å²) in [5.74, 6) is 0.199. The van der Waals surface area contributed by atoms with E-state index in [1.165, 1.54) is 12.1 Å². The second kappa shape index (κ2) is 6.76. The summed E-state index contributed by atoms with van der Waals surface area (Å²) in [5.41, 5.74) is 1.05. The zero-order valence-electron chi connectivity index (χ0n) is 12.5. The van der Waals surface area contributed by atoms with Gasteiger partial charge >= 0.3 is 5.63 Å². The van der Waals surface area contributed by atoms with Gasteiger partial charge in [-0.2, -0.15) is 0 Å². The van der Waals surface area contributed by atoms with Crippen LogP contribution in [0.4, 0.5) is 4.39 Å². The highest BCUT2D eigenvalue weighted by Crippen LogP contribution is 2.26. The minimum absolute atomic E-state index is 0.271. The van der Waals surface area contributed by atoms with Crippen molar-refractivity contribution < 1.29 is 13.7 Å². The van der Waals surface area contributed by atoms with Crippen LogP contribution in [0, 0.1) is 5.82 Å². The maximum Gasteiger partial charge on any atom is 0.365 e. The highest BCUT2D eigenvalue weighted by Gasteiger charge is 2.04. The molecule has 0 fully saturated rings. The van der Waals surface area contributed by atoms with E-state index in [9.17, 15) is 9.18 Å². The fraction of sp³-hybridized carbons (Fsp3) is 0.0556. The molecule has 1 heterocycles. The topological polar surface area (TPSA) is 55.2 Å². The lowest BCUT2D eigenvalue weighted by atomic mass is 10.2. The maximum atomic E-state index is 12.9. The van der Waals surface area contributed by atoms with Crippen LogP contribution in [0.3, 0.4) is 0 Å². The van der Waals surface area contributed by atoms with Crippen LogP contribution in [0.1, 0.15) is 11.1 Å². The van der Waals surface area contributed by atoms with Crippen LogP contribution in [-0.4, -0.2) is 5.16 Å². The molecule has 0 aliphatic heterocycles. The summed E-state index contributed by atoms with van der Waals surface area (Å²) in [6.07, 6.45) is 1.63. The highest BCUT2D eigenvalue weighted by atomic mass is 35.5. The van der Waals surface area contributed by atoms with Crippen molar-refractivity contribution in [3.63, 3.8) is 0 Å². The third-order valence-electron chi connectivity index (χ3n) is 3.39. The summed E-state index contributed by atoms with van der Waals surface area (Å²) in [7, 11) is 0. The van der Waals surface area contributed by atoms with E-state index in [4.69, 9.17) is 16.3 Å². The lowest BCUT2D eigenvalue weighted by Gasteiger charge is -2.08. The highest BCUT2D eigenvalue weighted by molar-refractivity contribution is 6.32. The molecule has 0 bridgehead atoms. The van der Waals surface area contributed by atoms with Crippen molar-refractivity contribution in [3.8, 4) is 5.75 Å². The smallest absolute Gasteiger partial charge is 0.365 e. The van der Waals surface area contributed by atoms with Gasteiger partial charge in [-0.1, -0.05) is 36.4 Å². The number of hydrogen-bond acceptors (Lipinski definition) is 3. The van der Waals surface area contributed by atoms with Crippen LogP contribution in [0.15, 0.2) is 51.8 Å². The van der Waals surface area contributed by atoms with Crippen LogP contribution in [0.25, 0.3) is 12.7 Å². The number of ether oxygens (including phenoxy) is 1. The summed E-state index contributed by atoms with van der Waals surface area (Å²) >= 11 is 6.21. The molecule has 6 heteroatoms. The van der Waals surface area contributed by atoms with Gasteiger partial charge in [-0.05, 0) is 41.5 Å². The van der Waals surface area contributed by atoms with Gasteiger partial charge < -0.3 is 9.26 Å². The predicted molar refractivity (Wildman–Crippen MR) is 89.9 cm³/mol. The van der Waals surface area contributed by atoms with E-state index < -0.39 is 5.63 Å². The van der Waals surface area contributed by atoms with Gasteiger partial charge in [-0.25, -0.2) is 14.3 Å². The van der Waals surface area contributed by atoms with E-state index in [0.717, 1.165) is 5.56 Å². The zero-order chi connectivity index (χ0) is 17.1. The molecule has 0 amide bonds. The molecule has 4 nitrogen and oxygen atoms in total. The van der Waals surface area contributed by atoms with Crippen molar-refractivity contribution in [2.24, 2.45) is 0 Å². The number of halogens is 2. The molecule has 0 saturated carbocycles. The second-order valence-electron chi connectivity index (χ2n) is 5.13. The predicted octanol–water partition coefficient (Wildman–Crippen LogP) is 2.58. The first-order chi connectivity index (χ1) is 11.5. The second-order valence-corrected chi connectivity index (χ2v) is 5.54. The molecule has 24 heavy (non-hydrogen) atoms. The lowest BCUT2D eigenvalue weighted by molar-refractivity contribution is 0.306. The van der Waals surface area contributed by atoms with E-state index in [-0.39, 0.29) is 12.4 Å². The Morgan fingerprint density at radius 1 is 1.25 bits per heavy atom. The van der Waals surface area contributed by atoms with Gasteiger partial charge in [0.25, 0.3) is 0 Å². The Morgan fingerprint density at radius 2 is 2.00 bits per heavy atom. The summed E-state index contributed by atoms with van der Waals surface area (Å²) < 4.78 is 23.2. The van der Waals surface area contributed by atoms with Crippen molar-refractivity contribution in [2.75, 3.05) is 0 Å². The number of aromatic nitrogens is 1. The van der Waals surface area contributed by atoms with E-state index in [1.54, 1.807) is 36.4 Å². The summed E-state index contributed by atoms with van der Waals surface area (Å²) in [6.45, 7) is 3.95. The average molecular weight is 346 g/mol. The maximum absolute atomic E-state index is 12.9. The monoisotopic (exact) mass is 345 g/mol. The van der Waals surface area contributed by atoms with Crippen LogP contribution >= 0.6 is 11.6 Å². The molecule has 0 radical (unpaired) electrons. The van der Waals surface area contributed by atoms with E-state index in [2.05, 4.69) is 16.3 Å². The van der Waals surface area contributed by atoms with Crippen molar-refractivity contribution in [2.45, 2.75) is 6.61 Å². The lowest BCUT2D eigenvalue weighted by Crippen LogP contribution is -2.31. The standard InChI is InChI=1S/C18H13ClFNO3/c1-11-15(18(22)24-21-11)8-13-4-7-17(16(19)9-13)23-10-12-2-5-14(20)6-3-12/h2-9,21H,1,10H2. The van der Waals surface area contributed by atoms with Gasteiger partial charge in [0.2, 0.25) is 0 Å². The molecule has 1 N–H and O–H groups in total. The minimum atomic E-state index is -0.493. The molecule has 3 rings (SSSR count). The van der Waals surface area contributed by atoms with Gasteiger partial charge in [0.15, 0.2) is 0 Å². The molecule has 3 aromatic rings. The molecule has 0 aliphatic rings. The normalized spacial score (nSPS) is 11.7. The van der Waals surface area contributed by atoms with Crippen molar-refractivity contribution in [3.05, 3.63) is 85.4 Å². The number of rotatable bonds is 4. The third-order valence-corrected chi connectivity index (χ3v) is 3.68. The molecule has 122 valence electrons. The van der Waals surface area contributed by atoms with Gasteiger partial charge in [-0.15, -0.1) is 0 Å². The molecule has 0 spiro atoms. The average Bonchev–Trinajstić information content (AvgIpc) is 2.87. The molecule has 1 aromatic heterocycles. The van der Waals surface area contributed by atoms with Crippen LogP contribution in [-0.2, 0) is 6.61 Å². The number of hydrogen-bond donors (Lipinski definition) is 1. The molecule has 0 aliphatic carbocycles. The quantitative estimate of drug-likeness (QED) is 0.790. The largest absolute Gasteiger partial charge is 0.487 e. The van der Waals surface area contributed by atoms with Gasteiger partial charge in [0, 0.05) is 0 Å². The van der Waals surface area contributed by atoms with E-state index in [0.29, 0.717) is 26.9 Å². The molecule has 0 atom stereocenters. The van der Waals surface area contributed by atoms with Crippen molar-refractivity contribution in [1.29, 1.82) is 0 Å². The SMILES string of the molecule is C=c1[nH]oc(=O)c1=Cc1ccc(OCc2ccc(F)cc2)c(Cl)c1.